The first kappa shape index (κ1) is 16.5. The van der Waals surface area contributed by atoms with Crippen LogP contribution in [-0.2, 0) is 4.74 Å². The average molecular weight is 319 g/mol. The third-order valence-corrected chi connectivity index (χ3v) is 4.78. The van der Waals surface area contributed by atoms with Gasteiger partial charge in [0.1, 0.15) is 5.82 Å². The Kier molecular flexibility index (Phi) is 5.33. The Bertz CT molecular complexity index is 508. The van der Waals surface area contributed by atoms with E-state index in [0.29, 0.717) is 12.1 Å². The molecule has 0 aliphatic carbocycles. The minimum Gasteiger partial charge on any atom is -0.377 e. The SMILES string of the molecule is Cc1cnc(NC2CCN(C[C@@H]3CCCO3)CC2)nc1N(C)C. The second-order valence-electron chi connectivity index (χ2n) is 6.95. The van der Waals surface area contributed by atoms with Gasteiger partial charge in [0.15, 0.2) is 0 Å². The summed E-state index contributed by atoms with van der Waals surface area (Å²) < 4.78 is 5.74. The maximum absolute atomic E-state index is 5.74. The third-order valence-electron chi connectivity index (χ3n) is 4.78. The topological polar surface area (TPSA) is 53.5 Å². The molecule has 0 unspecified atom stereocenters. The Labute approximate surface area is 139 Å². The molecule has 2 saturated heterocycles. The molecule has 0 bridgehead atoms. The number of nitrogens with zero attached hydrogens (tertiary/aromatic N) is 4. The van der Waals surface area contributed by atoms with E-state index in [2.05, 4.69) is 20.2 Å². The van der Waals surface area contributed by atoms with Crippen molar-refractivity contribution in [2.75, 3.05) is 50.6 Å². The molecule has 0 radical (unpaired) electrons. The Morgan fingerprint density at radius 1 is 1.30 bits per heavy atom. The Morgan fingerprint density at radius 3 is 2.74 bits per heavy atom. The number of hydrogen-bond donors (Lipinski definition) is 1. The van der Waals surface area contributed by atoms with Crippen molar-refractivity contribution in [1.82, 2.24) is 14.9 Å². The Hall–Kier alpha value is -1.40. The van der Waals surface area contributed by atoms with Crippen molar-refractivity contribution in [1.29, 1.82) is 0 Å². The van der Waals surface area contributed by atoms with Gasteiger partial charge >= 0.3 is 0 Å². The fraction of sp³-hybridized carbons (Fsp3) is 0.765. The average Bonchev–Trinajstić information content (AvgIpc) is 3.04. The predicted octanol–water partition coefficient (Wildman–Crippen LogP) is 1.91. The zero-order valence-corrected chi connectivity index (χ0v) is 14.6. The molecular weight excluding hydrogens is 290 g/mol. The Morgan fingerprint density at radius 2 is 2.09 bits per heavy atom. The second kappa shape index (κ2) is 7.45. The predicted molar refractivity (Wildman–Crippen MR) is 93.2 cm³/mol. The van der Waals surface area contributed by atoms with Crippen molar-refractivity contribution < 1.29 is 4.74 Å². The molecule has 6 nitrogen and oxygen atoms in total. The van der Waals surface area contributed by atoms with Crippen molar-refractivity contribution in [3.05, 3.63) is 11.8 Å². The summed E-state index contributed by atoms with van der Waals surface area (Å²) >= 11 is 0. The smallest absolute Gasteiger partial charge is 0.224 e. The van der Waals surface area contributed by atoms with Crippen LogP contribution >= 0.6 is 0 Å². The molecule has 1 atom stereocenters. The first-order chi connectivity index (χ1) is 11.1. The van der Waals surface area contributed by atoms with E-state index in [0.717, 1.165) is 56.4 Å². The van der Waals surface area contributed by atoms with Crippen molar-refractivity contribution >= 4 is 11.8 Å². The molecule has 0 aromatic carbocycles. The van der Waals surface area contributed by atoms with Crippen LogP contribution in [-0.4, -0.2) is 67.4 Å². The van der Waals surface area contributed by atoms with Gasteiger partial charge in [-0.15, -0.1) is 0 Å². The molecule has 0 spiro atoms. The lowest BCUT2D eigenvalue weighted by molar-refractivity contribution is 0.0654. The highest BCUT2D eigenvalue weighted by Gasteiger charge is 2.24. The van der Waals surface area contributed by atoms with E-state index in [4.69, 9.17) is 4.74 Å². The number of rotatable bonds is 5. The summed E-state index contributed by atoms with van der Waals surface area (Å²) in [6.45, 7) is 6.34. The molecule has 1 aromatic rings. The molecule has 2 fully saturated rings. The van der Waals surface area contributed by atoms with Crippen molar-refractivity contribution in [2.24, 2.45) is 0 Å². The van der Waals surface area contributed by atoms with Gasteiger partial charge in [-0.05, 0) is 32.6 Å². The zero-order valence-electron chi connectivity index (χ0n) is 14.6. The zero-order chi connectivity index (χ0) is 16.2. The summed E-state index contributed by atoms with van der Waals surface area (Å²) in [5, 5.41) is 3.51. The number of aromatic nitrogens is 2. The van der Waals surface area contributed by atoms with E-state index in [-0.39, 0.29) is 0 Å². The normalized spacial score (nSPS) is 23.2. The molecule has 0 amide bonds. The highest BCUT2D eigenvalue weighted by atomic mass is 16.5. The fourth-order valence-corrected chi connectivity index (χ4v) is 3.47. The monoisotopic (exact) mass is 319 g/mol. The standard InChI is InChI=1S/C17H29N5O/c1-13-11-18-17(20-16(13)21(2)3)19-14-6-8-22(9-7-14)12-15-5-4-10-23-15/h11,14-15H,4-10,12H2,1-3H3,(H,18,19,20)/t15-/m0/s1. The Balaban J connectivity index is 1.49. The van der Waals surface area contributed by atoms with E-state index in [1.165, 1.54) is 12.8 Å². The molecule has 0 saturated carbocycles. The van der Waals surface area contributed by atoms with Gasteiger partial charge in [-0.3, -0.25) is 0 Å². The quantitative estimate of drug-likeness (QED) is 0.895. The van der Waals surface area contributed by atoms with Gasteiger partial charge in [-0.25, -0.2) is 4.98 Å². The van der Waals surface area contributed by atoms with Gasteiger partial charge in [0.25, 0.3) is 0 Å². The number of nitrogens with one attached hydrogen (secondary N) is 1. The first-order valence-electron chi connectivity index (χ1n) is 8.73. The van der Waals surface area contributed by atoms with Crippen LogP contribution in [0.4, 0.5) is 11.8 Å². The van der Waals surface area contributed by atoms with E-state index >= 15 is 0 Å². The molecule has 1 N–H and O–H groups in total. The number of ether oxygens (including phenoxy) is 1. The summed E-state index contributed by atoms with van der Waals surface area (Å²) in [6.07, 6.45) is 7.09. The fourth-order valence-electron chi connectivity index (χ4n) is 3.47. The lowest BCUT2D eigenvalue weighted by atomic mass is 10.0. The minimum atomic E-state index is 0.461. The number of anilines is 2. The van der Waals surface area contributed by atoms with Crippen molar-refractivity contribution in [2.45, 2.75) is 44.8 Å². The van der Waals surface area contributed by atoms with Crippen LogP contribution in [0.3, 0.4) is 0 Å². The van der Waals surface area contributed by atoms with Crippen LogP contribution in [0.25, 0.3) is 0 Å². The van der Waals surface area contributed by atoms with Crippen molar-refractivity contribution in [3.8, 4) is 0 Å². The third kappa shape index (κ3) is 4.32. The molecule has 2 aliphatic rings. The molecule has 128 valence electrons. The molecular formula is C17H29N5O. The highest BCUT2D eigenvalue weighted by molar-refractivity contribution is 5.47. The van der Waals surface area contributed by atoms with Crippen LogP contribution < -0.4 is 10.2 Å². The molecule has 2 aliphatic heterocycles. The first-order valence-corrected chi connectivity index (χ1v) is 8.73. The van der Waals surface area contributed by atoms with Gasteiger partial charge in [0, 0.05) is 58.1 Å². The van der Waals surface area contributed by atoms with Crippen LogP contribution in [0.15, 0.2) is 6.20 Å². The van der Waals surface area contributed by atoms with Gasteiger partial charge in [-0.2, -0.15) is 4.98 Å². The molecule has 6 heteroatoms. The van der Waals surface area contributed by atoms with Crippen LogP contribution in [0.2, 0.25) is 0 Å². The van der Waals surface area contributed by atoms with Crippen LogP contribution in [0.1, 0.15) is 31.2 Å². The molecule has 3 heterocycles. The summed E-state index contributed by atoms with van der Waals surface area (Å²) in [6, 6.07) is 0.466. The molecule has 23 heavy (non-hydrogen) atoms. The van der Waals surface area contributed by atoms with Gasteiger partial charge < -0.3 is 19.9 Å². The van der Waals surface area contributed by atoms with Gasteiger partial charge in [0.05, 0.1) is 6.10 Å². The van der Waals surface area contributed by atoms with E-state index in [1.54, 1.807) is 0 Å². The summed E-state index contributed by atoms with van der Waals surface area (Å²) in [4.78, 5) is 13.6. The van der Waals surface area contributed by atoms with Crippen LogP contribution in [0, 0.1) is 6.92 Å². The minimum absolute atomic E-state index is 0.461. The van der Waals surface area contributed by atoms with E-state index < -0.39 is 0 Å². The number of aryl methyl sites for hydroxylation is 1. The number of likely N-dealkylation sites (tertiary alicyclic amines) is 1. The van der Waals surface area contributed by atoms with E-state index in [9.17, 15) is 0 Å². The number of piperidine rings is 1. The summed E-state index contributed by atoms with van der Waals surface area (Å²) in [7, 11) is 4.03. The summed E-state index contributed by atoms with van der Waals surface area (Å²) in [5.74, 6) is 1.73. The van der Waals surface area contributed by atoms with Crippen molar-refractivity contribution in [3.63, 3.8) is 0 Å². The lowest BCUT2D eigenvalue weighted by Gasteiger charge is -2.33. The maximum Gasteiger partial charge on any atom is 0.224 e. The second-order valence-corrected chi connectivity index (χ2v) is 6.95. The summed E-state index contributed by atoms with van der Waals surface area (Å²) in [5.41, 5.74) is 1.10. The van der Waals surface area contributed by atoms with E-state index in [1.807, 2.05) is 32.1 Å². The molecule has 1 aromatic heterocycles. The molecule has 3 rings (SSSR count). The van der Waals surface area contributed by atoms with Crippen LogP contribution in [0.5, 0.6) is 0 Å². The van der Waals surface area contributed by atoms with Gasteiger partial charge in [0.2, 0.25) is 5.95 Å². The number of hydrogen-bond acceptors (Lipinski definition) is 6. The largest absolute Gasteiger partial charge is 0.377 e. The lowest BCUT2D eigenvalue weighted by Crippen LogP contribution is -2.42. The highest BCUT2D eigenvalue weighted by Crippen LogP contribution is 2.20. The maximum atomic E-state index is 5.74. The van der Waals surface area contributed by atoms with Gasteiger partial charge in [-0.1, -0.05) is 0 Å².